The lowest BCUT2D eigenvalue weighted by molar-refractivity contribution is 0.0370. The second-order valence-corrected chi connectivity index (χ2v) is 20.3. The number of hydrogen-bond acceptors (Lipinski definition) is 14. The maximum absolute atomic E-state index is 13.6. The first-order chi connectivity index (χ1) is 29.4. The van der Waals surface area contributed by atoms with Crippen molar-refractivity contribution in [1.29, 1.82) is 0 Å². The Balaban J connectivity index is 0.949. The molecule has 15 nitrogen and oxygen atoms in total. The quantitative estimate of drug-likeness (QED) is 0.111. The van der Waals surface area contributed by atoms with Crippen LogP contribution in [0.4, 0.5) is 16.6 Å². The van der Waals surface area contributed by atoms with E-state index in [1.54, 1.807) is 24.0 Å². The SMILES string of the molecule is CS(=O)(=O)c1cc(S(=O)(=O)NC(=O)c2csc(N3CCc4cccc(C(=O)Nc5cn6ccccc6n5)c4C3)n2)ccc1N[C@H](CCN1CCOCC1)CSc1ccccc1. The van der Waals surface area contributed by atoms with Crippen LogP contribution in [-0.2, 0) is 37.6 Å². The zero-order chi connectivity index (χ0) is 42.6. The zero-order valence-corrected chi connectivity index (χ0v) is 36.5. The molecule has 0 aliphatic carbocycles. The van der Waals surface area contributed by atoms with E-state index in [9.17, 15) is 26.4 Å². The van der Waals surface area contributed by atoms with E-state index in [1.165, 1.54) is 28.8 Å². The normalized spacial score (nSPS) is 15.3. The summed E-state index contributed by atoms with van der Waals surface area (Å²) in [6.45, 7) is 4.62. The van der Waals surface area contributed by atoms with Crippen molar-refractivity contribution in [2.75, 3.05) is 66.9 Å². The van der Waals surface area contributed by atoms with Gasteiger partial charge in [-0.15, -0.1) is 23.1 Å². The minimum absolute atomic E-state index is 0.118. The Hall–Kier alpha value is -5.31. The van der Waals surface area contributed by atoms with Crippen molar-refractivity contribution >= 4 is 77.1 Å². The van der Waals surface area contributed by atoms with Gasteiger partial charge in [0.25, 0.3) is 21.8 Å². The number of hydrogen-bond donors (Lipinski definition) is 3. The Kier molecular flexibility index (Phi) is 12.7. The Morgan fingerprint density at radius 2 is 1.72 bits per heavy atom. The maximum atomic E-state index is 13.6. The number of carbonyl (C=O) groups is 2. The second kappa shape index (κ2) is 18.3. The van der Waals surface area contributed by atoms with Gasteiger partial charge in [0.1, 0.15) is 11.3 Å². The number of ether oxygens (including phenoxy) is 1. The molecule has 61 heavy (non-hydrogen) atoms. The van der Waals surface area contributed by atoms with E-state index < -0.39 is 25.8 Å². The minimum Gasteiger partial charge on any atom is -0.380 e. The molecular weight excluding hydrogens is 857 g/mol. The van der Waals surface area contributed by atoms with Gasteiger partial charge in [0.05, 0.1) is 34.9 Å². The largest absolute Gasteiger partial charge is 0.380 e. The number of nitrogens with one attached hydrogen (secondary N) is 3. The van der Waals surface area contributed by atoms with E-state index >= 15 is 0 Å². The van der Waals surface area contributed by atoms with Gasteiger partial charge < -0.3 is 24.7 Å². The molecule has 0 radical (unpaired) electrons. The summed E-state index contributed by atoms with van der Waals surface area (Å²) >= 11 is 2.82. The fourth-order valence-electron chi connectivity index (χ4n) is 7.27. The van der Waals surface area contributed by atoms with Crippen molar-refractivity contribution in [3.8, 4) is 0 Å². The smallest absolute Gasteiger partial charge is 0.284 e. The van der Waals surface area contributed by atoms with E-state index in [0.29, 0.717) is 67.1 Å². The van der Waals surface area contributed by atoms with Gasteiger partial charge in [-0.3, -0.25) is 14.5 Å². The van der Waals surface area contributed by atoms with Crippen molar-refractivity contribution in [1.82, 2.24) is 24.0 Å². The van der Waals surface area contributed by atoms with E-state index in [0.717, 1.165) is 48.0 Å². The highest BCUT2D eigenvalue weighted by Crippen LogP contribution is 2.31. The summed E-state index contributed by atoms with van der Waals surface area (Å²) in [5.41, 5.74) is 3.18. The predicted molar refractivity (Wildman–Crippen MR) is 237 cm³/mol. The number of imidazole rings is 1. The van der Waals surface area contributed by atoms with Crippen LogP contribution in [0.25, 0.3) is 5.65 Å². The number of sulfonamides is 1. The second-order valence-electron chi connectivity index (χ2n) is 14.7. The molecule has 1 atom stereocenters. The summed E-state index contributed by atoms with van der Waals surface area (Å²) in [4.78, 5) is 40.6. The van der Waals surface area contributed by atoms with Crippen LogP contribution in [0, 0.1) is 0 Å². The topological polar surface area (TPSA) is 184 Å². The van der Waals surface area contributed by atoms with Crippen LogP contribution in [0.5, 0.6) is 0 Å². The Labute approximate surface area is 362 Å². The number of benzene rings is 3. The highest BCUT2D eigenvalue weighted by molar-refractivity contribution is 7.99. The molecule has 19 heteroatoms. The summed E-state index contributed by atoms with van der Waals surface area (Å²) in [6.07, 6.45) is 5.94. The van der Waals surface area contributed by atoms with Crippen molar-refractivity contribution in [2.24, 2.45) is 0 Å². The van der Waals surface area contributed by atoms with Gasteiger partial charge in [0, 0.05) is 72.8 Å². The van der Waals surface area contributed by atoms with Gasteiger partial charge >= 0.3 is 0 Å². The summed E-state index contributed by atoms with van der Waals surface area (Å²) in [5.74, 6) is -0.213. The van der Waals surface area contributed by atoms with Gasteiger partial charge in [0.2, 0.25) is 0 Å². The molecule has 5 heterocycles. The van der Waals surface area contributed by atoms with Crippen LogP contribution in [0.1, 0.15) is 38.4 Å². The number of fused-ring (bicyclic) bond motifs is 2. The molecule has 2 aliphatic heterocycles. The standard InChI is InChI=1S/C42H44N8O7S4/c1-60(53,54)37-24-32(13-14-35(37)43-30(16-18-48-20-22-57-23-21-48)27-58-31-9-3-2-4-10-31)61(55,56)47-41(52)36-28-59-42(44-36)50-19-15-29-8-7-11-33(34(29)25-50)40(51)46-38-26-49-17-6-5-12-39(49)45-38/h2-14,17,24,26,28,30,43H,15-16,18-23,25,27H2,1H3,(H,46,51)(H,47,52)/t30-/m1/s1. The number of thiazole rings is 1. The third-order valence-electron chi connectivity index (χ3n) is 10.5. The average Bonchev–Trinajstić information content (AvgIpc) is 3.92. The Morgan fingerprint density at radius 1 is 0.918 bits per heavy atom. The van der Waals surface area contributed by atoms with Gasteiger partial charge in [-0.2, -0.15) is 0 Å². The number of thioether (sulfide) groups is 1. The van der Waals surface area contributed by atoms with Crippen LogP contribution in [0.3, 0.4) is 0 Å². The molecule has 1 saturated heterocycles. The number of amides is 2. The van der Waals surface area contributed by atoms with Crippen molar-refractivity contribution in [2.45, 2.75) is 40.1 Å². The highest BCUT2D eigenvalue weighted by Gasteiger charge is 2.28. The third kappa shape index (κ3) is 10.3. The van der Waals surface area contributed by atoms with Crippen LogP contribution in [0.2, 0.25) is 0 Å². The summed E-state index contributed by atoms with van der Waals surface area (Å²) in [5, 5.41) is 8.25. The molecule has 0 saturated carbocycles. The number of aromatic nitrogens is 3. The molecule has 0 spiro atoms. The monoisotopic (exact) mass is 900 g/mol. The molecule has 2 aliphatic rings. The molecule has 3 aromatic heterocycles. The number of rotatable bonds is 15. The number of anilines is 3. The number of morpholine rings is 1. The van der Waals surface area contributed by atoms with Crippen molar-refractivity contribution < 1.29 is 31.2 Å². The molecule has 3 N–H and O–H groups in total. The molecule has 3 aromatic carbocycles. The van der Waals surface area contributed by atoms with Crippen molar-refractivity contribution in [3.05, 3.63) is 125 Å². The van der Waals surface area contributed by atoms with Gasteiger partial charge in [-0.1, -0.05) is 36.4 Å². The summed E-state index contributed by atoms with van der Waals surface area (Å²) < 4.78 is 63.0. The molecule has 318 valence electrons. The Morgan fingerprint density at radius 3 is 2.51 bits per heavy atom. The van der Waals surface area contributed by atoms with Crippen LogP contribution >= 0.6 is 23.1 Å². The maximum Gasteiger partial charge on any atom is 0.284 e. The highest BCUT2D eigenvalue weighted by atomic mass is 32.2. The van der Waals surface area contributed by atoms with Crippen LogP contribution in [0.15, 0.2) is 117 Å². The number of nitrogens with zero attached hydrogens (tertiary/aromatic N) is 5. The number of sulfone groups is 1. The van der Waals surface area contributed by atoms with Gasteiger partial charge in [-0.25, -0.2) is 31.5 Å². The first-order valence-electron chi connectivity index (χ1n) is 19.6. The molecule has 8 rings (SSSR count). The van der Waals surface area contributed by atoms with E-state index in [2.05, 4.69) is 30.2 Å². The molecular formula is C42H44N8O7S4. The van der Waals surface area contributed by atoms with Crippen LogP contribution in [-0.4, -0.2) is 105 Å². The van der Waals surface area contributed by atoms with Gasteiger partial charge in [0.15, 0.2) is 20.8 Å². The summed E-state index contributed by atoms with van der Waals surface area (Å²) in [6, 6.07) is 24.7. The van der Waals surface area contributed by atoms with E-state index in [-0.39, 0.29) is 33.1 Å². The molecule has 0 bridgehead atoms. The molecule has 6 aromatic rings. The zero-order valence-electron chi connectivity index (χ0n) is 33.2. The van der Waals surface area contributed by atoms with E-state index in [4.69, 9.17) is 4.74 Å². The first kappa shape index (κ1) is 42.4. The fourth-order valence-corrected chi connectivity index (χ4v) is 11.0. The Bertz CT molecular complexity index is 2740. The van der Waals surface area contributed by atoms with Gasteiger partial charge in [-0.05, 0) is 72.5 Å². The molecule has 0 unspecified atom stereocenters. The average molecular weight is 901 g/mol. The van der Waals surface area contributed by atoms with Crippen LogP contribution < -0.4 is 20.3 Å². The number of pyridine rings is 1. The van der Waals surface area contributed by atoms with Crippen molar-refractivity contribution in [3.63, 3.8) is 0 Å². The summed E-state index contributed by atoms with van der Waals surface area (Å²) in [7, 11) is -8.45. The lowest BCUT2D eigenvalue weighted by Crippen LogP contribution is -2.39. The fraction of sp³-hybridized carbons (Fsp3) is 0.286. The molecule has 1 fully saturated rings. The predicted octanol–water partition coefficient (Wildman–Crippen LogP) is 5.42. The lowest BCUT2D eigenvalue weighted by Gasteiger charge is -2.29. The third-order valence-corrected chi connectivity index (χ3v) is 15.0. The lowest BCUT2D eigenvalue weighted by atomic mass is 9.94. The number of carbonyl (C=O) groups excluding carboxylic acids is 2. The molecule has 2 amide bonds. The minimum atomic E-state index is -4.53. The van der Waals surface area contributed by atoms with E-state index in [1.807, 2.05) is 76.2 Å². The first-order valence-corrected chi connectivity index (χ1v) is 24.9.